The summed E-state index contributed by atoms with van der Waals surface area (Å²) < 4.78 is 5.27. The molecule has 1 saturated heterocycles. The standard InChI is InChI=1S/C24H38O7/c1-2-3-4-13-16-19(24(23(29)30)21(31-24)22(27)28)17-14-11-9-7-5-6-8-10-12-15-18-20(25)26/h10,12,15,18-19,21H,2-9,11,13-14,16-17H2,1H3,(H,25,26)(H,27,28)(H,29,30)/t19?,21-,24-/m1/s1. The highest BCUT2D eigenvalue weighted by atomic mass is 16.7. The molecule has 0 aliphatic carbocycles. The van der Waals surface area contributed by atoms with Gasteiger partial charge in [-0.3, -0.25) is 0 Å². The van der Waals surface area contributed by atoms with E-state index in [0.29, 0.717) is 12.8 Å². The molecule has 1 fully saturated rings. The van der Waals surface area contributed by atoms with Gasteiger partial charge in [-0.1, -0.05) is 82.9 Å². The quantitative estimate of drug-likeness (QED) is 0.110. The fourth-order valence-electron chi connectivity index (χ4n) is 4.11. The monoisotopic (exact) mass is 438 g/mol. The Hall–Kier alpha value is -2.15. The molecule has 0 bridgehead atoms. The highest BCUT2D eigenvalue weighted by Gasteiger charge is 2.70. The van der Waals surface area contributed by atoms with Gasteiger partial charge in [0.1, 0.15) is 0 Å². The molecule has 0 aromatic heterocycles. The van der Waals surface area contributed by atoms with Crippen LogP contribution in [0.15, 0.2) is 24.3 Å². The Kier molecular flexibility index (Phi) is 12.8. The highest BCUT2D eigenvalue weighted by molar-refractivity contribution is 5.92. The fraction of sp³-hybridized carbons (Fsp3) is 0.708. The number of hydrogen-bond donors (Lipinski definition) is 3. The number of ether oxygens (including phenoxy) is 1. The zero-order valence-electron chi connectivity index (χ0n) is 18.6. The summed E-state index contributed by atoms with van der Waals surface area (Å²) in [6, 6.07) is 0. The van der Waals surface area contributed by atoms with Gasteiger partial charge >= 0.3 is 17.9 Å². The van der Waals surface area contributed by atoms with Gasteiger partial charge in [0.15, 0.2) is 6.10 Å². The molecule has 1 rings (SSSR count). The number of allylic oxidation sites excluding steroid dienone is 3. The molecule has 176 valence electrons. The molecule has 3 atom stereocenters. The number of epoxide rings is 1. The summed E-state index contributed by atoms with van der Waals surface area (Å²) in [6.07, 6.45) is 17.7. The van der Waals surface area contributed by atoms with Crippen molar-refractivity contribution in [3.8, 4) is 0 Å². The van der Waals surface area contributed by atoms with Crippen LogP contribution in [0.1, 0.15) is 90.4 Å². The predicted molar refractivity (Wildman–Crippen MR) is 118 cm³/mol. The lowest BCUT2D eigenvalue weighted by molar-refractivity contribution is -0.147. The van der Waals surface area contributed by atoms with Crippen molar-refractivity contribution in [2.75, 3.05) is 0 Å². The smallest absolute Gasteiger partial charge is 0.339 e. The second kappa shape index (κ2) is 14.8. The van der Waals surface area contributed by atoms with Crippen LogP contribution in [-0.4, -0.2) is 44.9 Å². The van der Waals surface area contributed by atoms with Gasteiger partial charge in [-0.05, 0) is 25.7 Å². The number of hydrogen-bond acceptors (Lipinski definition) is 4. The average molecular weight is 439 g/mol. The van der Waals surface area contributed by atoms with Crippen LogP contribution in [0.3, 0.4) is 0 Å². The Labute approximate surface area is 185 Å². The summed E-state index contributed by atoms with van der Waals surface area (Å²) in [6.45, 7) is 2.12. The predicted octanol–water partition coefficient (Wildman–Crippen LogP) is 5.20. The first kappa shape index (κ1) is 26.9. The molecular weight excluding hydrogens is 400 g/mol. The lowest BCUT2D eigenvalue weighted by atomic mass is 9.81. The van der Waals surface area contributed by atoms with Crippen LogP contribution in [0, 0.1) is 5.92 Å². The van der Waals surface area contributed by atoms with Crippen molar-refractivity contribution in [2.24, 2.45) is 5.92 Å². The van der Waals surface area contributed by atoms with Gasteiger partial charge in [0.05, 0.1) is 0 Å². The maximum absolute atomic E-state index is 11.8. The van der Waals surface area contributed by atoms with Gasteiger partial charge in [0.2, 0.25) is 5.60 Å². The van der Waals surface area contributed by atoms with E-state index in [9.17, 15) is 24.6 Å². The Morgan fingerprint density at radius 3 is 1.97 bits per heavy atom. The minimum absolute atomic E-state index is 0.257. The molecule has 0 aromatic rings. The van der Waals surface area contributed by atoms with E-state index in [0.717, 1.165) is 76.7 Å². The molecule has 3 N–H and O–H groups in total. The Morgan fingerprint density at radius 2 is 1.45 bits per heavy atom. The lowest BCUT2D eigenvalue weighted by Crippen LogP contribution is -2.38. The molecule has 1 aliphatic heterocycles. The van der Waals surface area contributed by atoms with Crippen molar-refractivity contribution in [3.05, 3.63) is 24.3 Å². The number of aliphatic carboxylic acids is 3. The van der Waals surface area contributed by atoms with E-state index in [2.05, 4.69) is 6.92 Å². The second-order valence-corrected chi connectivity index (χ2v) is 8.30. The van der Waals surface area contributed by atoms with Gasteiger partial charge in [0.25, 0.3) is 0 Å². The van der Waals surface area contributed by atoms with E-state index in [1.54, 1.807) is 6.08 Å². The molecular formula is C24H38O7. The van der Waals surface area contributed by atoms with Crippen molar-refractivity contribution < 1.29 is 34.4 Å². The maximum Gasteiger partial charge on any atom is 0.339 e. The molecule has 1 aliphatic rings. The molecule has 7 nitrogen and oxygen atoms in total. The largest absolute Gasteiger partial charge is 0.479 e. The van der Waals surface area contributed by atoms with E-state index in [1.807, 2.05) is 6.08 Å². The number of rotatable bonds is 19. The Balaban J connectivity index is 2.32. The van der Waals surface area contributed by atoms with Crippen LogP contribution in [0.25, 0.3) is 0 Å². The maximum atomic E-state index is 11.8. The molecule has 0 radical (unpaired) electrons. The summed E-state index contributed by atoms with van der Waals surface area (Å²) in [5.41, 5.74) is -1.54. The summed E-state index contributed by atoms with van der Waals surface area (Å²) in [5, 5.41) is 27.4. The Morgan fingerprint density at radius 1 is 0.871 bits per heavy atom. The lowest BCUT2D eigenvalue weighted by Gasteiger charge is -2.21. The van der Waals surface area contributed by atoms with Crippen LogP contribution >= 0.6 is 0 Å². The van der Waals surface area contributed by atoms with Crippen LogP contribution in [0.2, 0.25) is 0 Å². The molecule has 1 unspecified atom stereocenters. The van der Waals surface area contributed by atoms with Gasteiger partial charge < -0.3 is 20.1 Å². The molecule has 1 heterocycles. The van der Waals surface area contributed by atoms with Crippen LogP contribution in [0.5, 0.6) is 0 Å². The highest BCUT2D eigenvalue weighted by Crippen LogP contribution is 2.48. The normalized spacial score (nSPS) is 21.5. The zero-order chi connectivity index (χ0) is 23.1. The SMILES string of the molecule is CCCCCCC(CCCCCCCCC=CC=CC(=O)O)[C@@]1(C(=O)O)O[C@@H]1C(=O)O. The topological polar surface area (TPSA) is 124 Å². The molecule has 0 saturated carbocycles. The van der Waals surface area contributed by atoms with Crippen molar-refractivity contribution in [3.63, 3.8) is 0 Å². The van der Waals surface area contributed by atoms with E-state index >= 15 is 0 Å². The van der Waals surface area contributed by atoms with Crippen molar-refractivity contribution >= 4 is 17.9 Å². The van der Waals surface area contributed by atoms with E-state index < -0.39 is 29.6 Å². The average Bonchev–Trinajstić information content (AvgIpc) is 3.47. The third-order valence-corrected chi connectivity index (χ3v) is 5.88. The van der Waals surface area contributed by atoms with Crippen molar-refractivity contribution in [2.45, 2.75) is 102 Å². The van der Waals surface area contributed by atoms with Gasteiger partial charge in [-0.15, -0.1) is 0 Å². The first-order valence-corrected chi connectivity index (χ1v) is 11.6. The van der Waals surface area contributed by atoms with Crippen molar-refractivity contribution in [1.82, 2.24) is 0 Å². The third kappa shape index (κ3) is 9.68. The van der Waals surface area contributed by atoms with Gasteiger partial charge in [-0.25, -0.2) is 14.4 Å². The van der Waals surface area contributed by atoms with Gasteiger partial charge in [-0.2, -0.15) is 0 Å². The Bertz CT molecular complexity index is 625. The summed E-state index contributed by atoms with van der Waals surface area (Å²) in [4.78, 5) is 33.5. The summed E-state index contributed by atoms with van der Waals surface area (Å²) >= 11 is 0. The zero-order valence-corrected chi connectivity index (χ0v) is 18.6. The third-order valence-electron chi connectivity index (χ3n) is 5.88. The van der Waals surface area contributed by atoms with Crippen LogP contribution in [0.4, 0.5) is 0 Å². The molecule has 7 heteroatoms. The van der Waals surface area contributed by atoms with E-state index in [1.165, 1.54) is 6.08 Å². The van der Waals surface area contributed by atoms with Crippen molar-refractivity contribution in [1.29, 1.82) is 0 Å². The molecule has 0 amide bonds. The minimum Gasteiger partial charge on any atom is -0.479 e. The fourth-order valence-corrected chi connectivity index (χ4v) is 4.11. The number of unbranched alkanes of at least 4 members (excludes halogenated alkanes) is 9. The minimum atomic E-state index is -1.54. The summed E-state index contributed by atoms with van der Waals surface area (Å²) in [5.74, 6) is -3.54. The van der Waals surface area contributed by atoms with E-state index in [4.69, 9.17) is 9.84 Å². The first-order valence-electron chi connectivity index (χ1n) is 11.6. The molecule has 31 heavy (non-hydrogen) atoms. The number of carboxylic acid groups (broad SMARTS) is 3. The van der Waals surface area contributed by atoms with Crippen LogP contribution in [-0.2, 0) is 19.1 Å². The summed E-state index contributed by atoms with van der Waals surface area (Å²) in [7, 11) is 0. The van der Waals surface area contributed by atoms with E-state index in [-0.39, 0.29) is 5.92 Å². The first-order chi connectivity index (χ1) is 14.9. The number of carboxylic acids is 3. The molecule has 0 aromatic carbocycles. The molecule has 0 spiro atoms. The van der Waals surface area contributed by atoms with Gasteiger partial charge in [0, 0.05) is 12.0 Å². The van der Waals surface area contributed by atoms with Crippen LogP contribution < -0.4 is 0 Å². The number of carbonyl (C=O) groups is 3. The second-order valence-electron chi connectivity index (χ2n) is 8.30.